The Morgan fingerprint density at radius 3 is 2.80 bits per heavy atom. The molecule has 1 saturated heterocycles. The summed E-state index contributed by atoms with van der Waals surface area (Å²) in [7, 11) is 3.71. The molecule has 0 aromatic heterocycles. The first-order valence-corrected chi connectivity index (χ1v) is 11.3. The van der Waals surface area contributed by atoms with Crippen LogP contribution in [0.3, 0.4) is 0 Å². The van der Waals surface area contributed by atoms with Crippen LogP contribution in [0, 0.1) is 5.92 Å². The Bertz CT molecular complexity index is 735. The van der Waals surface area contributed by atoms with E-state index in [2.05, 4.69) is 15.5 Å². The molecule has 1 aromatic carbocycles. The van der Waals surface area contributed by atoms with Gasteiger partial charge in [-0.3, -0.25) is 4.79 Å². The fraction of sp³-hybridized carbons (Fsp3) is 0.667. The normalized spacial score (nSPS) is 21.9. The number of piperidine rings is 1. The van der Waals surface area contributed by atoms with Crippen LogP contribution >= 0.6 is 23.2 Å². The molecule has 2 heterocycles. The molecule has 0 aliphatic carbocycles. The molecule has 1 amide bonds. The number of halogens is 2. The number of hydrogen-bond acceptors (Lipinski definition) is 6. The molecule has 0 radical (unpaired) electrons. The molecule has 0 spiro atoms. The number of hydrogen-bond donors (Lipinski definition) is 2. The summed E-state index contributed by atoms with van der Waals surface area (Å²) in [6.45, 7) is 5.39. The second-order valence-electron chi connectivity index (χ2n) is 7.72. The SMILES string of the molecule is CNCCCN1CC[C@@H](CNC(=O)c2cc(Cl)c(Cl)c3c2OCCCO3)[C@H](OC)C1. The molecule has 1 fully saturated rings. The van der Waals surface area contributed by atoms with E-state index in [9.17, 15) is 4.79 Å². The molecule has 3 rings (SSSR count). The number of rotatable bonds is 8. The van der Waals surface area contributed by atoms with E-state index in [1.165, 1.54) is 0 Å². The number of methoxy groups -OCH3 is 1. The molecule has 168 valence electrons. The average Bonchev–Trinajstić information content (AvgIpc) is 3.01. The van der Waals surface area contributed by atoms with E-state index in [0.29, 0.717) is 43.2 Å². The van der Waals surface area contributed by atoms with E-state index < -0.39 is 0 Å². The Balaban J connectivity index is 1.62. The Morgan fingerprint density at radius 1 is 1.30 bits per heavy atom. The molecule has 2 atom stereocenters. The molecule has 2 aliphatic heterocycles. The summed E-state index contributed by atoms with van der Waals surface area (Å²) in [6.07, 6.45) is 2.88. The zero-order chi connectivity index (χ0) is 21.5. The van der Waals surface area contributed by atoms with Gasteiger partial charge in [-0.05, 0) is 45.6 Å². The van der Waals surface area contributed by atoms with E-state index >= 15 is 0 Å². The van der Waals surface area contributed by atoms with Gasteiger partial charge >= 0.3 is 0 Å². The summed E-state index contributed by atoms with van der Waals surface area (Å²) in [5, 5.41) is 6.76. The molecule has 0 saturated carbocycles. The molecule has 2 N–H and O–H groups in total. The van der Waals surface area contributed by atoms with Crippen LogP contribution in [-0.2, 0) is 4.74 Å². The summed E-state index contributed by atoms with van der Waals surface area (Å²) < 4.78 is 17.2. The van der Waals surface area contributed by atoms with E-state index in [1.54, 1.807) is 13.2 Å². The fourth-order valence-corrected chi connectivity index (χ4v) is 4.36. The quantitative estimate of drug-likeness (QED) is 0.582. The van der Waals surface area contributed by atoms with Crippen molar-refractivity contribution in [2.24, 2.45) is 5.92 Å². The standard InChI is InChI=1S/C21H31Cl2N3O4/c1-24-6-3-7-26-8-5-14(17(13-26)28-2)12-25-21(27)15-11-16(22)18(23)20-19(15)29-9-4-10-30-20/h11,14,17,24H,3-10,12-13H2,1-2H3,(H,25,27)/t14-,17+/m0/s1. The first-order valence-electron chi connectivity index (χ1n) is 10.5. The van der Waals surface area contributed by atoms with Crippen LogP contribution in [0.2, 0.25) is 10.0 Å². The summed E-state index contributed by atoms with van der Waals surface area (Å²) in [6, 6.07) is 1.55. The van der Waals surface area contributed by atoms with Crippen LogP contribution in [0.25, 0.3) is 0 Å². The number of fused-ring (bicyclic) bond motifs is 1. The van der Waals surface area contributed by atoms with Crippen molar-refractivity contribution in [1.29, 1.82) is 0 Å². The highest BCUT2D eigenvalue weighted by Gasteiger charge is 2.30. The maximum Gasteiger partial charge on any atom is 0.255 e. The number of carbonyl (C=O) groups is 1. The molecule has 0 unspecified atom stereocenters. The number of benzene rings is 1. The maximum atomic E-state index is 13.0. The van der Waals surface area contributed by atoms with Crippen LogP contribution < -0.4 is 20.1 Å². The second kappa shape index (κ2) is 11.4. The van der Waals surface area contributed by atoms with Gasteiger partial charge in [-0.1, -0.05) is 23.2 Å². The minimum Gasteiger partial charge on any atom is -0.489 e. The minimum absolute atomic E-state index is 0.0825. The Morgan fingerprint density at radius 2 is 2.07 bits per heavy atom. The van der Waals surface area contributed by atoms with Gasteiger partial charge in [-0.15, -0.1) is 0 Å². The molecule has 0 bridgehead atoms. The van der Waals surface area contributed by atoms with E-state index in [-0.39, 0.29) is 28.0 Å². The van der Waals surface area contributed by atoms with Gasteiger partial charge in [-0.2, -0.15) is 0 Å². The van der Waals surface area contributed by atoms with Crippen LogP contribution in [0.1, 0.15) is 29.6 Å². The predicted molar refractivity (Wildman–Crippen MR) is 118 cm³/mol. The van der Waals surface area contributed by atoms with Crippen molar-refractivity contribution in [2.75, 3.05) is 60.1 Å². The number of nitrogens with one attached hydrogen (secondary N) is 2. The zero-order valence-electron chi connectivity index (χ0n) is 17.6. The van der Waals surface area contributed by atoms with Crippen molar-refractivity contribution >= 4 is 29.1 Å². The molecule has 30 heavy (non-hydrogen) atoms. The Labute approximate surface area is 188 Å². The first kappa shape index (κ1) is 23.4. The molecule has 1 aromatic rings. The third-order valence-corrected chi connectivity index (χ3v) is 6.44. The van der Waals surface area contributed by atoms with Gasteiger partial charge in [-0.25, -0.2) is 0 Å². The van der Waals surface area contributed by atoms with E-state index in [0.717, 1.165) is 39.0 Å². The number of likely N-dealkylation sites (tertiary alicyclic amines) is 1. The van der Waals surface area contributed by atoms with Gasteiger partial charge in [0.05, 0.1) is 29.9 Å². The van der Waals surface area contributed by atoms with Gasteiger partial charge < -0.3 is 29.7 Å². The Kier molecular flexibility index (Phi) is 8.89. The topological polar surface area (TPSA) is 72.1 Å². The lowest BCUT2D eigenvalue weighted by molar-refractivity contribution is -0.0105. The fourth-order valence-electron chi connectivity index (χ4n) is 3.97. The second-order valence-corrected chi connectivity index (χ2v) is 8.50. The van der Waals surface area contributed by atoms with Gasteiger partial charge in [0.25, 0.3) is 5.91 Å². The monoisotopic (exact) mass is 459 g/mol. The zero-order valence-corrected chi connectivity index (χ0v) is 19.2. The summed E-state index contributed by atoms with van der Waals surface area (Å²) in [5.41, 5.74) is 0.347. The number of amides is 1. The van der Waals surface area contributed by atoms with Crippen molar-refractivity contribution in [2.45, 2.75) is 25.4 Å². The Hall–Kier alpha value is -1.25. The highest BCUT2D eigenvalue weighted by Crippen LogP contribution is 2.44. The highest BCUT2D eigenvalue weighted by atomic mass is 35.5. The van der Waals surface area contributed by atoms with Crippen LogP contribution in [-0.4, -0.2) is 77.0 Å². The largest absolute Gasteiger partial charge is 0.489 e. The average molecular weight is 460 g/mol. The summed E-state index contributed by atoms with van der Waals surface area (Å²) in [4.78, 5) is 15.4. The third-order valence-electron chi connectivity index (χ3n) is 5.67. The lowest BCUT2D eigenvalue weighted by Crippen LogP contribution is -2.48. The van der Waals surface area contributed by atoms with Crippen molar-refractivity contribution in [3.63, 3.8) is 0 Å². The van der Waals surface area contributed by atoms with Crippen molar-refractivity contribution in [3.05, 3.63) is 21.7 Å². The maximum absolute atomic E-state index is 13.0. The first-order chi connectivity index (χ1) is 14.5. The molecule has 7 nitrogen and oxygen atoms in total. The van der Waals surface area contributed by atoms with Crippen molar-refractivity contribution in [1.82, 2.24) is 15.5 Å². The van der Waals surface area contributed by atoms with Crippen molar-refractivity contribution in [3.8, 4) is 11.5 Å². The van der Waals surface area contributed by atoms with Crippen LogP contribution in [0.5, 0.6) is 11.5 Å². The lowest BCUT2D eigenvalue weighted by Gasteiger charge is -2.38. The van der Waals surface area contributed by atoms with Gasteiger partial charge in [0.1, 0.15) is 5.02 Å². The van der Waals surface area contributed by atoms with E-state index in [1.807, 2.05) is 7.05 Å². The minimum atomic E-state index is -0.249. The summed E-state index contributed by atoms with van der Waals surface area (Å²) >= 11 is 12.5. The summed E-state index contributed by atoms with van der Waals surface area (Å²) in [5.74, 6) is 0.707. The number of ether oxygens (including phenoxy) is 3. The van der Waals surface area contributed by atoms with Crippen molar-refractivity contribution < 1.29 is 19.0 Å². The molecular weight excluding hydrogens is 429 g/mol. The number of carbonyl (C=O) groups excluding carboxylic acids is 1. The van der Waals surface area contributed by atoms with Crippen LogP contribution in [0.4, 0.5) is 0 Å². The smallest absolute Gasteiger partial charge is 0.255 e. The highest BCUT2D eigenvalue weighted by molar-refractivity contribution is 6.43. The number of nitrogens with zero attached hydrogens (tertiary/aromatic N) is 1. The van der Waals surface area contributed by atoms with Crippen LogP contribution in [0.15, 0.2) is 6.07 Å². The lowest BCUT2D eigenvalue weighted by atomic mass is 9.93. The molecule has 2 aliphatic rings. The van der Waals surface area contributed by atoms with Gasteiger partial charge in [0.15, 0.2) is 11.5 Å². The third kappa shape index (κ3) is 5.71. The molecular formula is C21H31Cl2N3O4. The predicted octanol–water partition coefficient (Wildman–Crippen LogP) is 2.83. The molecule has 9 heteroatoms. The van der Waals surface area contributed by atoms with Gasteiger partial charge in [0.2, 0.25) is 0 Å². The van der Waals surface area contributed by atoms with Gasteiger partial charge in [0, 0.05) is 32.5 Å². The van der Waals surface area contributed by atoms with E-state index in [4.69, 9.17) is 37.4 Å².